The number of methoxy groups -OCH3 is 3. The van der Waals surface area contributed by atoms with Gasteiger partial charge in [-0.15, -0.1) is 0 Å². The van der Waals surface area contributed by atoms with Gasteiger partial charge in [0.05, 0.1) is 31.9 Å². The summed E-state index contributed by atoms with van der Waals surface area (Å²) in [5, 5.41) is 0.475. The van der Waals surface area contributed by atoms with Crippen LogP contribution >= 0.6 is 11.6 Å². The third-order valence-corrected chi connectivity index (χ3v) is 9.20. The maximum atomic E-state index is 14.0. The van der Waals surface area contributed by atoms with Crippen LogP contribution < -0.4 is 28.0 Å². The standard InChI is InChI=1S/C28H31ClN2O7S/c1-34-25-10-4-19(27(35-2)28(25)36-3)17-30-14-12-21(13-15-30)31(22-7-11-24-26(16-22)38-18-37-24)39(32,33)23-8-5-20(29)6-9-23/h4-11,16,21H,12-15,17-18H2,1-3H3. The fraction of sp³-hybridized carbons (Fsp3) is 0.357. The van der Waals surface area contributed by atoms with Crippen LogP contribution in [0.5, 0.6) is 28.7 Å². The van der Waals surface area contributed by atoms with Gasteiger partial charge in [-0.3, -0.25) is 9.21 Å². The lowest BCUT2D eigenvalue weighted by atomic mass is 10.0. The highest BCUT2D eigenvalue weighted by Gasteiger charge is 2.35. The van der Waals surface area contributed by atoms with Crippen molar-refractivity contribution in [3.63, 3.8) is 0 Å². The third kappa shape index (κ3) is 5.41. The summed E-state index contributed by atoms with van der Waals surface area (Å²) in [4.78, 5) is 2.47. The van der Waals surface area contributed by atoms with Crippen LogP contribution in [-0.4, -0.2) is 60.6 Å². The molecule has 1 saturated heterocycles. The Hall–Kier alpha value is -3.34. The Morgan fingerprint density at radius 2 is 1.59 bits per heavy atom. The number of halogens is 1. The molecule has 2 heterocycles. The van der Waals surface area contributed by atoms with E-state index >= 15 is 0 Å². The number of nitrogens with zero attached hydrogens (tertiary/aromatic N) is 2. The van der Waals surface area contributed by atoms with Crippen LogP contribution in [0.3, 0.4) is 0 Å². The number of fused-ring (bicyclic) bond motifs is 1. The topological polar surface area (TPSA) is 86.8 Å². The Morgan fingerprint density at radius 1 is 0.897 bits per heavy atom. The number of piperidine rings is 1. The number of ether oxygens (including phenoxy) is 5. The van der Waals surface area contributed by atoms with Crippen LogP contribution in [0.15, 0.2) is 59.5 Å². The highest BCUT2D eigenvalue weighted by Crippen LogP contribution is 2.41. The Balaban J connectivity index is 1.40. The van der Waals surface area contributed by atoms with Crippen molar-refractivity contribution in [2.75, 3.05) is 45.5 Å². The van der Waals surface area contributed by atoms with E-state index in [1.54, 1.807) is 51.7 Å². The lowest BCUT2D eigenvalue weighted by Gasteiger charge is -2.39. The summed E-state index contributed by atoms with van der Waals surface area (Å²) in [6.07, 6.45) is 1.27. The first kappa shape index (κ1) is 27.2. The van der Waals surface area contributed by atoms with E-state index in [0.717, 1.165) is 5.56 Å². The zero-order valence-corrected chi connectivity index (χ0v) is 23.6. The molecule has 39 heavy (non-hydrogen) atoms. The SMILES string of the molecule is COc1ccc(CN2CCC(N(c3ccc4c(c3)OCO4)S(=O)(=O)c3ccc(Cl)cc3)CC2)c(OC)c1OC. The smallest absolute Gasteiger partial charge is 0.264 e. The molecule has 5 rings (SSSR count). The van der Waals surface area contributed by atoms with Crippen molar-refractivity contribution in [2.24, 2.45) is 0 Å². The normalized spacial score (nSPS) is 15.7. The van der Waals surface area contributed by atoms with Crippen molar-refractivity contribution in [2.45, 2.75) is 30.3 Å². The number of hydrogen-bond acceptors (Lipinski definition) is 8. The molecule has 2 aliphatic heterocycles. The van der Waals surface area contributed by atoms with Crippen molar-refractivity contribution in [3.8, 4) is 28.7 Å². The van der Waals surface area contributed by atoms with Crippen molar-refractivity contribution < 1.29 is 32.1 Å². The van der Waals surface area contributed by atoms with Crippen LogP contribution in [0.1, 0.15) is 18.4 Å². The Bertz CT molecular complexity index is 1420. The summed E-state index contributed by atoms with van der Waals surface area (Å²) < 4.78 is 57.1. The van der Waals surface area contributed by atoms with E-state index in [9.17, 15) is 8.42 Å². The van der Waals surface area contributed by atoms with Gasteiger partial charge in [-0.25, -0.2) is 8.42 Å². The first-order chi connectivity index (χ1) is 18.8. The van der Waals surface area contributed by atoms with Crippen LogP contribution in [0.2, 0.25) is 5.02 Å². The zero-order valence-electron chi connectivity index (χ0n) is 22.1. The minimum Gasteiger partial charge on any atom is -0.493 e. The molecule has 0 saturated carbocycles. The lowest BCUT2D eigenvalue weighted by molar-refractivity contribution is 0.174. The number of anilines is 1. The Morgan fingerprint density at radius 3 is 2.26 bits per heavy atom. The third-order valence-electron chi connectivity index (χ3n) is 7.05. The molecule has 0 aromatic heterocycles. The molecular formula is C28H31ClN2O7S. The predicted molar refractivity (Wildman–Crippen MR) is 148 cm³/mol. The van der Waals surface area contributed by atoms with Gasteiger partial charge in [0.25, 0.3) is 10.0 Å². The molecule has 0 spiro atoms. The van der Waals surface area contributed by atoms with Crippen LogP contribution in [0.4, 0.5) is 5.69 Å². The Labute approximate surface area is 233 Å². The van der Waals surface area contributed by atoms with Gasteiger partial charge in [0.1, 0.15) is 0 Å². The maximum absolute atomic E-state index is 14.0. The van der Waals surface area contributed by atoms with Crippen molar-refractivity contribution in [1.82, 2.24) is 4.90 Å². The lowest BCUT2D eigenvalue weighted by Crippen LogP contribution is -2.47. The Kier molecular flexibility index (Phi) is 7.97. The van der Waals surface area contributed by atoms with Crippen molar-refractivity contribution in [1.29, 1.82) is 0 Å². The number of likely N-dealkylation sites (tertiary alicyclic amines) is 1. The molecule has 11 heteroatoms. The number of sulfonamides is 1. The van der Waals surface area contributed by atoms with E-state index in [-0.39, 0.29) is 17.7 Å². The second-order valence-electron chi connectivity index (χ2n) is 9.29. The average Bonchev–Trinajstić information content (AvgIpc) is 3.42. The van der Waals surface area contributed by atoms with Gasteiger partial charge < -0.3 is 23.7 Å². The van der Waals surface area contributed by atoms with Crippen molar-refractivity contribution in [3.05, 3.63) is 65.2 Å². The molecule has 208 valence electrons. The van der Waals surface area contributed by atoms with Gasteiger partial charge in [-0.2, -0.15) is 0 Å². The van der Waals surface area contributed by atoms with Crippen LogP contribution in [-0.2, 0) is 16.6 Å². The molecule has 0 unspecified atom stereocenters. The van der Waals surface area contributed by atoms with Crippen LogP contribution in [0, 0.1) is 0 Å². The number of benzene rings is 3. The second-order valence-corrected chi connectivity index (χ2v) is 11.5. The van der Waals surface area contributed by atoms with E-state index in [4.69, 9.17) is 35.3 Å². The summed E-state index contributed by atoms with van der Waals surface area (Å²) in [5.41, 5.74) is 1.50. The molecule has 0 aliphatic carbocycles. The fourth-order valence-electron chi connectivity index (χ4n) is 5.13. The minimum absolute atomic E-state index is 0.112. The van der Waals surface area contributed by atoms with E-state index in [1.165, 1.54) is 16.4 Å². The second kappa shape index (κ2) is 11.4. The molecule has 3 aromatic rings. The van der Waals surface area contributed by atoms with Gasteiger partial charge in [-0.1, -0.05) is 17.7 Å². The summed E-state index contributed by atoms with van der Waals surface area (Å²) in [5.74, 6) is 2.91. The summed E-state index contributed by atoms with van der Waals surface area (Å²) in [6.45, 7) is 2.13. The van der Waals surface area contributed by atoms with E-state index in [2.05, 4.69) is 4.90 Å². The highest BCUT2D eigenvalue weighted by atomic mass is 35.5. The molecule has 0 atom stereocenters. The minimum atomic E-state index is -3.88. The van der Waals surface area contributed by atoms with Crippen LogP contribution in [0.25, 0.3) is 0 Å². The first-order valence-electron chi connectivity index (χ1n) is 12.6. The largest absolute Gasteiger partial charge is 0.493 e. The van der Waals surface area contributed by atoms with E-state index < -0.39 is 10.0 Å². The number of rotatable bonds is 9. The first-order valence-corrected chi connectivity index (χ1v) is 14.4. The van der Waals surface area contributed by atoms with Gasteiger partial charge >= 0.3 is 0 Å². The van der Waals surface area contributed by atoms with Gasteiger partial charge in [0.2, 0.25) is 12.5 Å². The fourth-order valence-corrected chi connectivity index (χ4v) is 6.96. The maximum Gasteiger partial charge on any atom is 0.264 e. The van der Waals surface area contributed by atoms with Gasteiger partial charge in [-0.05, 0) is 55.3 Å². The summed E-state index contributed by atoms with van der Waals surface area (Å²) >= 11 is 6.04. The molecule has 3 aromatic carbocycles. The van der Waals surface area contributed by atoms with E-state index in [1.807, 2.05) is 12.1 Å². The zero-order chi connectivity index (χ0) is 27.6. The average molecular weight is 575 g/mol. The van der Waals surface area contributed by atoms with E-state index in [0.29, 0.717) is 71.9 Å². The summed E-state index contributed by atoms with van der Waals surface area (Å²) in [7, 11) is 0.901. The predicted octanol–water partition coefficient (Wildman–Crippen LogP) is 4.95. The highest BCUT2D eigenvalue weighted by molar-refractivity contribution is 7.92. The monoisotopic (exact) mass is 574 g/mol. The summed E-state index contributed by atoms with van der Waals surface area (Å²) in [6, 6.07) is 15.1. The number of hydrogen-bond donors (Lipinski definition) is 0. The molecule has 0 radical (unpaired) electrons. The quantitative estimate of drug-likeness (QED) is 0.355. The van der Waals surface area contributed by atoms with Gasteiger partial charge in [0, 0.05) is 42.3 Å². The van der Waals surface area contributed by atoms with Crippen molar-refractivity contribution >= 4 is 27.3 Å². The molecular weight excluding hydrogens is 544 g/mol. The molecule has 0 N–H and O–H groups in total. The van der Waals surface area contributed by atoms with Gasteiger partial charge in [0.15, 0.2) is 23.0 Å². The molecule has 0 amide bonds. The molecule has 1 fully saturated rings. The molecule has 9 nitrogen and oxygen atoms in total. The molecule has 0 bridgehead atoms. The molecule has 2 aliphatic rings.